The summed E-state index contributed by atoms with van der Waals surface area (Å²) in [5.41, 5.74) is 4.98. The lowest BCUT2D eigenvalue weighted by molar-refractivity contribution is -0.139. The first-order chi connectivity index (χ1) is 9.93. The van der Waals surface area contributed by atoms with Crippen LogP contribution in [0.15, 0.2) is 0 Å². The molecule has 0 aromatic carbocycles. The predicted octanol–water partition coefficient (Wildman–Crippen LogP) is -1.98. The Labute approximate surface area is 122 Å². The van der Waals surface area contributed by atoms with Crippen LogP contribution >= 0.6 is 0 Å². The van der Waals surface area contributed by atoms with Crippen LogP contribution in [0.5, 0.6) is 0 Å². The van der Waals surface area contributed by atoms with Crippen molar-refractivity contribution < 1.29 is 24.6 Å². The highest BCUT2D eigenvalue weighted by Crippen LogP contribution is 2.04. The second-order valence-electron chi connectivity index (χ2n) is 4.90. The van der Waals surface area contributed by atoms with Crippen LogP contribution in [-0.2, 0) is 9.59 Å². The average Bonchev–Trinajstić information content (AvgIpc) is 2.43. The summed E-state index contributed by atoms with van der Waals surface area (Å²) >= 11 is 0. The maximum absolute atomic E-state index is 12.0. The van der Waals surface area contributed by atoms with E-state index in [0.717, 1.165) is 0 Å². The zero-order chi connectivity index (χ0) is 15.8. The Kier molecular flexibility index (Phi) is 6.89. The molecule has 0 aromatic heterocycles. The number of amides is 3. The third-order valence-electron chi connectivity index (χ3n) is 3.35. The largest absolute Gasteiger partial charge is 0.480 e. The van der Waals surface area contributed by atoms with Gasteiger partial charge < -0.3 is 26.2 Å². The molecule has 0 spiro atoms. The Bertz CT molecular complexity index is 382. The van der Waals surface area contributed by atoms with E-state index in [2.05, 4.69) is 5.32 Å². The molecule has 1 heterocycles. The summed E-state index contributed by atoms with van der Waals surface area (Å²) < 4.78 is 0. The van der Waals surface area contributed by atoms with E-state index in [1.54, 1.807) is 0 Å². The minimum atomic E-state index is -1.19. The van der Waals surface area contributed by atoms with E-state index < -0.39 is 23.9 Å². The van der Waals surface area contributed by atoms with E-state index >= 15 is 0 Å². The predicted molar refractivity (Wildman–Crippen MR) is 73.5 cm³/mol. The lowest BCUT2D eigenvalue weighted by Crippen LogP contribution is -2.55. The number of urea groups is 1. The quantitative estimate of drug-likeness (QED) is 0.430. The number of rotatable bonds is 7. The molecular weight excluding hydrogens is 280 g/mol. The normalized spacial score (nSPS) is 17.3. The van der Waals surface area contributed by atoms with Gasteiger partial charge in [0.1, 0.15) is 6.04 Å². The van der Waals surface area contributed by atoms with Crippen molar-refractivity contribution in [3.8, 4) is 0 Å². The molecule has 120 valence electrons. The lowest BCUT2D eigenvalue weighted by Gasteiger charge is -2.34. The van der Waals surface area contributed by atoms with Crippen LogP contribution in [0.4, 0.5) is 4.79 Å². The van der Waals surface area contributed by atoms with Crippen molar-refractivity contribution >= 4 is 17.9 Å². The monoisotopic (exact) mass is 302 g/mol. The van der Waals surface area contributed by atoms with Gasteiger partial charge in [-0.1, -0.05) is 0 Å². The van der Waals surface area contributed by atoms with E-state index in [1.165, 1.54) is 4.90 Å². The van der Waals surface area contributed by atoms with Crippen molar-refractivity contribution in [1.82, 2.24) is 15.1 Å². The fourth-order valence-corrected chi connectivity index (χ4v) is 2.10. The van der Waals surface area contributed by atoms with Gasteiger partial charge in [0, 0.05) is 39.1 Å². The van der Waals surface area contributed by atoms with Crippen LogP contribution in [-0.4, -0.2) is 83.3 Å². The highest BCUT2D eigenvalue weighted by molar-refractivity contribution is 5.83. The van der Waals surface area contributed by atoms with E-state index in [0.29, 0.717) is 32.7 Å². The molecule has 0 unspecified atom stereocenters. The lowest BCUT2D eigenvalue weighted by atomic mass is 10.1. The van der Waals surface area contributed by atoms with Gasteiger partial charge in [-0.3, -0.25) is 9.69 Å². The molecule has 0 saturated carbocycles. The Hall–Kier alpha value is -1.87. The molecule has 1 aliphatic rings. The maximum Gasteiger partial charge on any atom is 0.326 e. The summed E-state index contributed by atoms with van der Waals surface area (Å²) in [5.74, 6) is -1.79. The van der Waals surface area contributed by atoms with Gasteiger partial charge in [0.05, 0.1) is 6.61 Å². The third-order valence-corrected chi connectivity index (χ3v) is 3.35. The molecule has 21 heavy (non-hydrogen) atoms. The van der Waals surface area contributed by atoms with Crippen LogP contribution in [0.2, 0.25) is 0 Å². The number of nitrogens with one attached hydrogen (secondary N) is 1. The number of carbonyl (C=O) groups is 3. The number of β-amino-alcohol motifs (C(OH)–C–C–N with tert-alkyl or cyclic N) is 1. The van der Waals surface area contributed by atoms with Crippen molar-refractivity contribution in [2.75, 3.05) is 39.3 Å². The number of carbonyl (C=O) groups excluding carboxylic acids is 2. The number of aliphatic hydroxyl groups is 1. The highest BCUT2D eigenvalue weighted by Gasteiger charge is 2.25. The van der Waals surface area contributed by atoms with E-state index in [9.17, 15) is 14.4 Å². The van der Waals surface area contributed by atoms with Crippen molar-refractivity contribution in [3.63, 3.8) is 0 Å². The minimum absolute atomic E-state index is 0.0269. The number of aliphatic hydroxyl groups excluding tert-OH is 1. The fraction of sp³-hybridized carbons (Fsp3) is 0.750. The molecule has 1 rings (SSSR count). The number of primary amides is 1. The zero-order valence-electron chi connectivity index (χ0n) is 11.8. The van der Waals surface area contributed by atoms with Gasteiger partial charge in [-0.15, -0.1) is 0 Å². The summed E-state index contributed by atoms with van der Waals surface area (Å²) in [4.78, 5) is 37.3. The van der Waals surface area contributed by atoms with Crippen molar-refractivity contribution in [1.29, 1.82) is 0 Å². The van der Waals surface area contributed by atoms with E-state index in [-0.39, 0.29) is 19.4 Å². The Morgan fingerprint density at radius 2 is 1.81 bits per heavy atom. The molecule has 9 nitrogen and oxygen atoms in total. The number of hydrogen-bond acceptors (Lipinski definition) is 5. The van der Waals surface area contributed by atoms with Gasteiger partial charge in [0.15, 0.2) is 0 Å². The van der Waals surface area contributed by atoms with Crippen molar-refractivity contribution in [2.45, 2.75) is 18.9 Å². The topological polar surface area (TPSA) is 136 Å². The number of aliphatic carboxylic acids is 1. The first kappa shape index (κ1) is 17.2. The van der Waals surface area contributed by atoms with Gasteiger partial charge in [-0.25, -0.2) is 9.59 Å². The highest BCUT2D eigenvalue weighted by atomic mass is 16.4. The standard InChI is InChI=1S/C12H22N4O5/c13-10(18)2-1-9(11(19)20)14-12(21)16-5-3-15(4-6-16)7-8-17/h9,17H,1-8H2,(H2,13,18)(H,14,21)(H,19,20)/t9-/m1/s1. The summed E-state index contributed by atoms with van der Waals surface area (Å²) in [7, 11) is 0. The molecule has 1 aliphatic heterocycles. The summed E-state index contributed by atoms with van der Waals surface area (Å²) in [5, 5.41) is 20.3. The number of carboxylic acids is 1. The summed E-state index contributed by atoms with van der Waals surface area (Å²) in [6.07, 6.45) is -0.123. The first-order valence-electron chi connectivity index (χ1n) is 6.83. The van der Waals surface area contributed by atoms with Crippen LogP contribution in [0.1, 0.15) is 12.8 Å². The number of piperazine rings is 1. The molecule has 9 heteroatoms. The molecule has 3 amide bonds. The molecule has 1 atom stereocenters. The molecule has 5 N–H and O–H groups in total. The van der Waals surface area contributed by atoms with Gasteiger partial charge >= 0.3 is 12.0 Å². The first-order valence-corrected chi connectivity index (χ1v) is 6.83. The van der Waals surface area contributed by atoms with Gasteiger partial charge in [-0.05, 0) is 6.42 Å². The number of hydrogen-bond donors (Lipinski definition) is 4. The number of nitrogens with two attached hydrogens (primary N) is 1. The maximum atomic E-state index is 12.0. The Morgan fingerprint density at radius 3 is 2.29 bits per heavy atom. The number of carboxylic acid groups (broad SMARTS) is 1. The molecule has 0 radical (unpaired) electrons. The van der Waals surface area contributed by atoms with Gasteiger partial charge in [0.25, 0.3) is 0 Å². The summed E-state index contributed by atoms with van der Waals surface area (Å²) in [6.45, 7) is 2.83. The van der Waals surface area contributed by atoms with E-state index in [1.807, 2.05) is 4.90 Å². The molecule has 0 aliphatic carbocycles. The van der Waals surface area contributed by atoms with Gasteiger partial charge in [0.2, 0.25) is 5.91 Å². The van der Waals surface area contributed by atoms with Crippen LogP contribution in [0, 0.1) is 0 Å². The summed E-state index contributed by atoms with van der Waals surface area (Å²) in [6, 6.07) is -1.59. The van der Waals surface area contributed by atoms with Crippen LogP contribution < -0.4 is 11.1 Å². The third kappa shape index (κ3) is 5.96. The minimum Gasteiger partial charge on any atom is -0.480 e. The second-order valence-corrected chi connectivity index (χ2v) is 4.90. The average molecular weight is 302 g/mol. The number of nitrogens with zero attached hydrogens (tertiary/aromatic N) is 2. The Balaban J connectivity index is 2.43. The zero-order valence-corrected chi connectivity index (χ0v) is 11.8. The van der Waals surface area contributed by atoms with E-state index in [4.69, 9.17) is 15.9 Å². The SMILES string of the molecule is NC(=O)CC[C@@H](NC(=O)N1CCN(CCO)CC1)C(=O)O. The van der Waals surface area contributed by atoms with Crippen molar-refractivity contribution in [3.05, 3.63) is 0 Å². The molecular formula is C12H22N4O5. The Morgan fingerprint density at radius 1 is 1.19 bits per heavy atom. The molecule has 0 aromatic rings. The van der Waals surface area contributed by atoms with Gasteiger partial charge in [-0.2, -0.15) is 0 Å². The van der Waals surface area contributed by atoms with Crippen LogP contribution in [0.3, 0.4) is 0 Å². The molecule has 1 fully saturated rings. The molecule has 0 bridgehead atoms. The second kappa shape index (κ2) is 8.42. The smallest absolute Gasteiger partial charge is 0.326 e. The fourth-order valence-electron chi connectivity index (χ4n) is 2.10. The van der Waals surface area contributed by atoms with Crippen LogP contribution in [0.25, 0.3) is 0 Å². The van der Waals surface area contributed by atoms with Crippen molar-refractivity contribution in [2.24, 2.45) is 5.73 Å². The molecule has 1 saturated heterocycles.